The number of nitrogens with one attached hydrogen (secondary N) is 1. The Hall–Kier alpha value is -1.06. The maximum atomic E-state index is 11.8. The van der Waals surface area contributed by atoms with E-state index in [0.717, 1.165) is 31.4 Å². The number of ether oxygens (including phenoxy) is 1. The molecule has 3 nitrogen and oxygen atoms in total. The lowest BCUT2D eigenvalue weighted by molar-refractivity contribution is -0.148. The standard InChI is InChI=1S/C13H16ClNO2/c14-11-6-2-1-5-10(11)9-17-13(16)12-7-3-4-8-15-12/h1-2,5-6,12,15H,3-4,7-9H2/t12-/m1/s1. The summed E-state index contributed by atoms with van der Waals surface area (Å²) in [5.74, 6) is -0.176. The Kier molecular flexibility index (Phi) is 4.40. The maximum absolute atomic E-state index is 11.8. The quantitative estimate of drug-likeness (QED) is 0.842. The first-order valence-corrected chi connectivity index (χ1v) is 6.28. The van der Waals surface area contributed by atoms with E-state index in [0.29, 0.717) is 5.02 Å². The van der Waals surface area contributed by atoms with Gasteiger partial charge in [0.25, 0.3) is 0 Å². The van der Waals surface area contributed by atoms with Gasteiger partial charge in [0.15, 0.2) is 0 Å². The first kappa shape index (κ1) is 12.4. The Balaban J connectivity index is 1.85. The van der Waals surface area contributed by atoms with Crippen molar-refractivity contribution in [2.75, 3.05) is 6.54 Å². The predicted octanol–water partition coefficient (Wildman–Crippen LogP) is 2.53. The molecule has 0 radical (unpaired) electrons. The Morgan fingerprint density at radius 3 is 2.94 bits per heavy atom. The SMILES string of the molecule is O=C(OCc1ccccc1Cl)[C@H]1CCCCN1. The molecule has 0 bridgehead atoms. The van der Waals surface area contributed by atoms with E-state index in [2.05, 4.69) is 5.32 Å². The molecule has 0 saturated carbocycles. The van der Waals surface area contributed by atoms with Gasteiger partial charge in [0.05, 0.1) is 0 Å². The predicted molar refractivity (Wildman–Crippen MR) is 66.9 cm³/mol. The molecule has 1 aromatic carbocycles. The number of carbonyl (C=O) groups is 1. The molecule has 1 aliphatic heterocycles. The summed E-state index contributed by atoms with van der Waals surface area (Å²) in [6.07, 6.45) is 3.08. The van der Waals surface area contributed by atoms with E-state index in [-0.39, 0.29) is 18.6 Å². The molecule has 4 heteroatoms. The Bertz CT molecular complexity index is 389. The van der Waals surface area contributed by atoms with Crippen molar-refractivity contribution in [3.63, 3.8) is 0 Å². The van der Waals surface area contributed by atoms with Crippen LogP contribution in [0.1, 0.15) is 24.8 Å². The van der Waals surface area contributed by atoms with Gasteiger partial charge in [-0.2, -0.15) is 0 Å². The summed E-state index contributed by atoms with van der Waals surface area (Å²) < 4.78 is 5.26. The van der Waals surface area contributed by atoms with Gasteiger partial charge in [-0.25, -0.2) is 0 Å². The average molecular weight is 254 g/mol. The smallest absolute Gasteiger partial charge is 0.323 e. The molecule has 1 heterocycles. The summed E-state index contributed by atoms with van der Waals surface area (Å²) in [6, 6.07) is 7.25. The molecule has 1 N–H and O–H groups in total. The van der Waals surface area contributed by atoms with Crippen LogP contribution in [0.4, 0.5) is 0 Å². The number of hydrogen-bond acceptors (Lipinski definition) is 3. The van der Waals surface area contributed by atoms with Crippen molar-refractivity contribution in [1.82, 2.24) is 5.32 Å². The third-order valence-electron chi connectivity index (χ3n) is 2.92. The van der Waals surface area contributed by atoms with Crippen molar-refractivity contribution in [2.24, 2.45) is 0 Å². The first-order chi connectivity index (χ1) is 8.27. The molecule has 1 saturated heterocycles. The average Bonchev–Trinajstić information content (AvgIpc) is 2.38. The van der Waals surface area contributed by atoms with Gasteiger partial charge >= 0.3 is 5.97 Å². The lowest BCUT2D eigenvalue weighted by Crippen LogP contribution is -2.41. The van der Waals surface area contributed by atoms with Crippen molar-refractivity contribution in [3.8, 4) is 0 Å². The highest BCUT2D eigenvalue weighted by Crippen LogP contribution is 2.16. The van der Waals surface area contributed by atoms with Crippen molar-refractivity contribution in [2.45, 2.75) is 31.9 Å². The molecule has 0 aliphatic carbocycles. The van der Waals surface area contributed by atoms with Crippen LogP contribution in [0.3, 0.4) is 0 Å². The van der Waals surface area contributed by atoms with Crippen molar-refractivity contribution in [3.05, 3.63) is 34.9 Å². The molecular weight excluding hydrogens is 238 g/mol. The number of piperidine rings is 1. The third-order valence-corrected chi connectivity index (χ3v) is 3.29. The minimum Gasteiger partial charge on any atom is -0.460 e. The number of esters is 1. The van der Waals surface area contributed by atoms with E-state index in [9.17, 15) is 4.79 Å². The maximum Gasteiger partial charge on any atom is 0.323 e. The Morgan fingerprint density at radius 2 is 2.24 bits per heavy atom. The molecule has 0 spiro atoms. The highest BCUT2D eigenvalue weighted by Gasteiger charge is 2.21. The molecule has 1 atom stereocenters. The van der Waals surface area contributed by atoms with Crippen LogP contribution in [0.2, 0.25) is 5.02 Å². The van der Waals surface area contributed by atoms with Crippen LogP contribution in [0, 0.1) is 0 Å². The molecule has 0 aromatic heterocycles. The van der Waals surface area contributed by atoms with Gasteiger partial charge in [0, 0.05) is 10.6 Å². The van der Waals surface area contributed by atoms with Crippen LogP contribution in [0.15, 0.2) is 24.3 Å². The minimum absolute atomic E-state index is 0.147. The fourth-order valence-corrected chi connectivity index (χ4v) is 2.11. The second-order valence-corrected chi connectivity index (χ2v) is 4.61. The van der Waals surface area contributed by atoms with Crippen LogP contribution in [-0.4, -0.2) is 18.6 Å². The number of benzene rings is 1. The second kappa shape index (κ2) is 6.03. The monoisotopic (exact) mass is 253 g/mol. The van der Waals surface area contributed by atoms with Gasteiger partial charge in [0.2, 0.25) is 0 Å². The molecule has 1 aliphatic rings. The van der Waals surface area contributed by atoms with Gasteiger partial charge in [-0.15, -0.1) is 0 Å². The van der Waals surface area contributed by atoms with Gasteiger partial charge in [-0.05, 0) is 25.5 Å². The Labute approximate surface area is 106 Å². The van der Waals surface area contributed by atoms with Crippen molar-refractivity contribution >= 4 is 17.6 Å². The fourth-order valence-electron chi connectivity index (χ4n) is 1.92. The number of halogens is 1. The largest absolute Gasteiger partial charge is 0.460 e. The zero-order valence-electron chi connectivity index (χ0n) is 9.62. The van der Waals surface area contributed by atoms with E-state index in [4.69, 9.17) is 16.3 Å². The topological polar surface area (TPSA) is 38.3 Å². The van der Waals surface area contributed by atoms with Crippen molar-refractivity contribution < 1.29 is 9.53 Å². The van der Waals surface area contributed by atoms with Gasteiger partial charge in [-0.1, -0.05) is 36.2 Å². The van der Waals surface area contributed by atoms with Gasteiger partial charge in [-0.3, -0.25) is 4.79 Å². The van der Waals surface area contributed by atoms with E-state index >= 15 is 0 Å². The lowest BCUT2D eigenvalue weighted by atomic mass is 10.1. The second-order valence-electron chi connectivity index (χ2n) is 4.20. The van der Waals surface area contributed by atoms with E-state index in [1.165, 1.54) is 0 Å². The summed E-state index contributed by atoms with van der Waals surface area (Å²) in [7, 11) is 0. The Morgan fingerprint density at radius 1 is 1.41 bits per heavy atom. The van der Waals surface area contributed by atoms with Crippen LogP contribution in [0.5, 0.6) is 0 Å². The van der Waals surface area contributed by atoms with Gasteiger partial charge in [0.1, 0.15) is 12.6 Å². The highest BCUT2D eigenvalue weighted by molar-refractivity contribution is 6.31. The van der Waals surface area contributed by atoms with Crippen LogP contribution in [-0.2, 0) is 16.1 Å². The van der Waals surface area contributed by atoms with Crippen molar-refractivity contribution in [1.29, 1.82) is 0 Å². The third kappa shape index (κ3) is 3.45. The summed E-state index contributed by atoms with van der Waals surface area (Å²) in [6.45, 7) is 1.14. The highest BCUT2D eigenvalue weighted by atomic mass is 35.5. The molecule has 1 fully saturated rings. The summed E-state index contributed by atoms with van der Waals surface area (Å²) in [4.78, 5) is 11.8. The summed E-state index contributed by atoms with van der Waals surface area (Å²) in [5.41, 5.74) is 0.846. The minimum atomic E-state index is -0.176. The van der Waals surface area contributed by atoms with Crippen LogP contribution < -0.4 is 5.32 Å². The molecule has 1 aromatic rings. The first-order valence-electron chi connectivity index (χ1n) is 5.91. The zero-order chi connectivity index (χ0) is 12.1. The van der Waals surface area contributed by atoms with Crippen LogP contribution in [0.25, 0.3) is 0 Å². The molecule has 17 heavy (non-hydrogen) atoms. The zero-order valence-corrected chi connectivity index (χ0v) is 10.4. The summed E-state index contributed by atoms with van der Waals surface area (Å²) >= 11 is 5.99. The fraction of sp³-hybridized carbons (Fsp3) is 0.462. The number of carbonyl (C=O) groups excluding carboxylic acids is 1. The van der Waals surface area contributed by atoms with E-state index in [1.54, 1.807) is 6.07 Å². The number of rotatable bonds is 3. The van der Waals surface area contributed by atoms with Gasteiger partial charge < -0.3 is 10.1 Å². The lowest BCUT2D eigenvalue weighted by Gasteiger charge is -2.21. The molecule has 92 valence electrons. The van der Waals surface area contributed by atoms with E-state index in [1.807, 2.05) is 18.2 Å². The molecular formula is C13H16ClNO2. The molecule has 2 rings (SSSR count). The molecule has 0 unspecified atom stereocenters. The summed E-state index contributed by atoms with van der Waals surface area (Å²) in [5, 5.41) is 3.80. The normalized spacial score (nSPS) is 19.9. The van der Waals surface area contributed by atoms with E-state index < -0.39 is 0 Å². The van der Waals surface area contributed by atoms with Crippen LogP contribution >= 0.6 is 11.6 Å². The molecule has 0 amide bonds. The number of hydrogen-bond donors (Lipinski definition) is 1.